The van der Waals surface area contributed by atoms with E-state index in [1.165, 1.54) is 0 Å². The highest BCUT2D eigenvalue weighted by atomic mass is 35.5. The standard InChI is InChI=1S/C22H26ClN3O3/c1-3-14-29-22-18(23)15-17(16-19(22)28-2)7-8-21(27)26-12-10-25(11-13-26)20-6-4-5-9-24-20/h4-9,15-16H,3,10-14H2,1-2H3/b8-7+. The number of benzene rings is 1. The van der Waals surface area contributed by atoms with E-state index in [1.54, 1.807) is 31.5 Å². The van der Waals surface area contributed by atoms with E-state index in [1.807, 2.05) is 36.1 Å². The number of ether oxygens (including phenoxy) is 2. The lowest BCUT2D eigenvalue weighted by Gasteiger charge is -2.34. The zero-order chi connectivity index (χ0) is 20.6. The number of aromatic nitrogens is 1. The van der Waals surface area contributed by atoms with Crippen molar-refractivity contribution in [3.05, 3.63) is 53.2 Å². The predicted molar refractivity (Wildman–Crippen MR) is 116 cm³/mol. The number of anilines is 1. The molecule has 154 valence electrons. The van der Waals surface area contributed by atoms with E-state index in [2.05, 4.69) is 9.88 Å². The molecule has 0 atom stereocenters. The fourth-order valence-corrected chi connectivity index (χ4v) is 3.42. The van der Waals surface area contributed by atoms with Crippen LogP contribution >= 0.6 is 11.6 Å². The van der Waals surface area contributed by atoms with Gasteiger partial charge in [-0.2, -0.15) is 0 Å². The number of hydrogen-bond acceptors (Lipinski definition) is 5. The lowest BCUT2D eigenvalue weighted by atomic mass is 10.1. The summed E-state index contributed by atoms with van der Waals surface area (Å²) in [5.41, 5.74) is 0.788. The first-order chi connectivity index (χ1) is 14.1. The predicted octanol–water partition coefficient (Wildman–Crippen LogP) is 3.89. The molecular formula is C22H26ClN3O3. The van der Waals surface area contributed by atoms with Crippen LogP contribution in [0.4, 0.5) is 5.82 Å². The summed E-state index contributed by atoms with van der Waals surface area (Å²) in [7, 11) is 1.57. The van der Waals surface area contributed by atoms with E-state index in [-0.39, 0.29) is 5.91 Å². The van der Waals surface area contributed by atoms with E-state index >= 15 is 0 Å². The summed E-state index contributed by atoms with van der Waals surface area (Å²) in [5.74, 6) is 2.02. The Hall–Kier alpha value is -2.73. The molecule has 7 heteroatoms. The van der Waals surface area contributed by atoms with Crippen LogP contribution in [0, 0.1) is 0 Å². The molecule has 2 aromatic rings. The molecule has 3 rings (SSSR count). The van der Waals surface area contributed by atoms with E-state index in [9.17, 15) is 4.79 Å². The Kier molecular flexibility index (Phi) is 7.36. The van der Waals surface area contributed by atoms with Gasteiger partial charge in [0, 0.05) is 38.5 Å². The molecule has 0 aliphatic carbocycles. The maximum absolute atomic E-state index is 12.6. The first kappa shape index (κ1) is 21.0. The summed E-state index contributed by atoms with van der Waals surface area (Å²) in [5, 5.41) is 0.467. The molecule has 29 heavy (non-hydrogen) atoms. The maximum Gasteiger partial charge on any atom is 0.246 e. The maximum atomic E-state index is 12.6. The van der Waals surface area contributed by atoms with Gasteiger partial charge in [-0.3, -0.25) is 4.79 Å². The second kappa shape index (κ2) is 10.2. The molecule has 0 spiro atoms. The van der Waals surface area contributed by atoms with Crippen LogP contribution in [0.2, 0.25) is 5.02 Å². The van der Waals surface area contributed by atoms with Crippen LogP contribution in [-0.4, -0.2) is 55.7 Å². The Morgan fingerprint density at radius 1 is 1.24 bits per heavy atom. The second-order valence-electron chi connectivity index (χ2n) is 6.72. The molecule has 0 radical (unpaired) electrons. The van der Waals surface area contributed by atoms with Crippen LogP contribution in [0.15, 0.2) is 42.6 Å². The molecule has 0 unspecified atom stereocenters. The van der Waals surface area contributed by atoms with Gasteiger partial charge in [-0.15, -0.1) is 0 Å². The second-order valence-corrected chi connectivity index (χ2v) is 7.12. The van der Waals surface area contributed by atoms with Crippen LogP contribution in [0.3, 0.4) is 0 Å². The van der Waals surface area contributed by atoms with E-state index < -0.39 is 0 Å². The third-order valence-corrected chi connectivity index (χ3v) is 4.97. The van der Waals surface area contributed by atoms with Crippen molar-refractivity contribution in [1.29, 1.82) is 0 Å². The van der Waals surface area contributed by atoms with Gasteiger partial charge in [0.1, 0.15) is 5.82 Å². The van der Waals surface area contributed by atoms with Crippen molar-refractivity contribution in [3.8, 4) is 11.5 Å². The summed E-state index contributed by atoms with van der Waals surface area (Å²) >= 11 is 6.34. The first-order valence-electron chi connectivity index (χ1n) is 9.75. The van der Waals surface area contributed by atoms with Crippen molar-refractivity contribution in [2.45, 2.75) is 13.3 Å². The molecule has 1 aromatic heterocycles. The number of nitrogens with zero attached hydrogens (tertiary/aromatic N) is 3. The van der Waals surface area contributed by atoms with Crippen molar-refractivity contribution in [2.24, 2.45) is 0 Å². The molecule has 1 amide bonds. The van der Waals surface area contributed by atoms with Gasteiger partial charge in [0.15, 0.2) is 11.5 Å². The highest BCUT2D eigenvalue weighted by Gasteiger charge is 2.20. The number of methoxy groups -OCH3 is 1. The van der Waals surface area contributed by atoms with Crippen LogP contribution in [0.5, 0.6) is 11.5 Å². The topological polar surface area (TPSA) is 54.9 Å². The molecule has 2 heterocycles. The van der Waals surface area contributed by atoms with Gasteiger partial charge in [0.2, 0.25) is 5.91 Å². The van der Waals surface area contributed by atoms with Crippen LogP contribution in [0.25, 0.3) is 6.08 Å². The molecular weight excluding hydrogens is 390 g/mol. The number of hydrogen-bond donors (Lipinski definition) is 0. The first-order valence-corrected chi connectivity index (χ1v) is 10.1. The minimum atomic E-state index is -0.0212. The average Bonchev–Trinajstić information content (AvgIpc) is 2.77. The molecule has 1 fully saturated rings. The molecule has 1 saturated heterocycles. The number of pyridine rings is 1. The summed E-state index contributed by atoms with van der Waals surface area (Å²) in [4.78, 5) is 21.0. The number of carbonyl (C=O) groups excluding carboxylic acids is 1. The summed E-state index contributed by atoms with van der Waals surface area (Å²) in [6, 6.07) is 9.46. The molecule has 6 nitrogen and oxygen atoms in total. The van der Waals surface area contributed by atoms with E-state index in [0.29, 0.717) is 36.2 Å². The molecule has 0 N–H and O–H groups in total. The third kappa shape index (κ3) is 5.41. The average molecular weight is 416 g/mol. The van der Waals surface area contributed by atoms with Gasteiger partial charge in [0.25, 0.3) is 0 Å². The number of piperazine rings is 1. The van der Waals surface area contributed by atoms with Crippen molar-refractivity contribution in [2.75, 3.05) is 44.8 Å². The van der Waals surface area contributed by atoms with Crippen molar-refractivity contribution in [1.82, 2.24) is 9.88 Å². The van der Waals surface area contributed by atoms with Gasteiger partial charge < -0.3 is 19.3 Å². The Morgan fingerprint density at radius 3 is 2.69 bits per heavy atom. The third-order valence-electron chi connectivity index (χ3n) is 4.69. The normalized spacial score (nSPS) is 14.3. The highest BCUT2D eigenvalue weighted by molar-refractivity contribution is 6.32. The quantitative estimate of drug-likeness (QED) is 0.642. The lowest BCUT2D eigenvalue weighted by molar-refractivity contribution is -0.126. The van der Waals surface area contributed by atoms with Gasteiger partial charge in [-0.25, -0.2) is 4.98 Å². The SMILES string of the molecule is CCCOc1c(Cl)cc(/C=C/C(=O)N2CCN(c3ccccn3)CC2)cc1OC. The van der Waals surface area contributed by atoms with Crippen LogP contribution in [-0.2, 0) is 4.79 Å². The molecule has 0 saturated carbocycles. The number of carbonyl (C=O) groups is 1. The fraction of sp³-hybridized carbons (Fsp3) is 0.364. The Balaban J connectivity index is 1.61. The highest BCUT2D eigenvalue weighted by Crippen LogP contribution is 2.36. The number of halogens is 1. The summed E-state index contributed by atoms with van der Waals surface area (Å²) in [6.45, 7) is 5.44. The Bertz CT molecular complexity index is 850. The van der Waals surface area contributed by atoms with Crippen molar-refractivity contribution in [3.63, 3.8) is 0 Å². The fourth-order valence-electron chi connectivity index (χ4n) is 3.15. The minimum Gasteiger partial charge on any atom is -0.493 e. The summed E-state index contributed by atoms with van der Waals surface area (Å²) < 4.78 is 11.1. The zero-order valence-electron chi connectivity index (χ0n) is 16.8. The summed E-state index contributed by atoms with van der Waals surface area (Å²) in [6.07, 6.45) is 6.00. The minimum absolute atomic E-state index is 0.0212. The van der Waals surface area contributed by atoms with Gasteiger partial charge in [-0.05, 0) is 42.3 Å². The van der Waals surface area contributed by atoms with Crippen molar-refractivity contribution >= 4 is 29.4 Å². The lowest BCUT2D eigenvalue weighted by Crippen LogP contribution is -2.48. The zero-order valence-corrected chi connectivity index (χ0v) is 17.6. The molecule has 1 aliphatic rings. The molecule has 1 aliphatic heterocycles. The van der Waals surface area contributed by atoms with Crippen LogP contribution in [0.1, 0.15) is 18.9 Å². The van der Waals surface area contributed by atoms with Gasteiger partial charge in [-0.1, -0.05) is 24.6 Å². The Labute approximate surface area is 176 Å². The molecule has 0 bridgehead atoms. The smallest absolute Gasteiger partial charge is 0.246 e. The monoisotopic (exact) mass is 415 g/mol. The number of rotatable bonds is 7. The van der Waals surface area contributed by atoms with Gasteiger partial charge >= 0.3 is 0 Å². The molecule has 1 aromatic carbocycles. The van der Waals surface area contributed by atoms with Crippen LogP contribution < -0.4 is 14.4 Å². The number of amides is 1. The van der Waals surface area contributed by atoms with E-state index in [0.717, 1.165) is 30.9 Å². The Morgan fingerprint density at radius 2 is 2.03 bits per heavy atom. The van der Waals surface area contributed by atoms with E-state index in [4.69, 9.17) is 21.1 Å². The largest absolute Gasteiger partial charge is 0.493 e. The van der Waals surface area contributed by atoms with Crippen molar-refractivity contribution < 1.29 is 14.3 Å². The van der Waals surface area contributed by atoms with Gasteiger partial charge in [0.05, 0.1) is 18.7 Å².